The highest BCUT2D eigenvalue weighted by Crippen LogP contribution is 2.21. The maximum absolute atomic E-state index is 12.2. The third-order valence-electron chi connectivity index (χ3n) is 3.34. The van der Waals surface area contributed by atoms with Crippen LogP contribution in [0.5, 0.6) is 0 Å². The summed E-state index contributed by atoms with van der Waals surface area (Å²) in [6.07, 6.45) is 1.38. The number of hydrogen-bond acceptors (Lipinski definition) is 3. The summed E-state index contributed by atoms with van der Waals surface area (Å²) in [6, 6.07) is 12.7. The molecule has 0 aliphatic heterocycles. The number of anilines is 2. The minimum Gasteiger partial charge on any atom is -0.360 e. The summed E-state index contributed by atoms with van der Waals surface area (Å²) in [7, 11) is 0. The molecule has 0 spiro atoms. The van der Waals surface area contributed by atoms with Crippen LogP contribution in [0.1, 0.15) is 11.1 Å². The lowest BCUT2D eigenvalue weighted by Gasteiger charge is -2.07. The first-order chi connectivity index (χ1) is 11.4. The molecule has 2 rings (SSSR count). The molecule has 0 saturated heterocycles. The molecule has 24 heavy (non-hydrogen) atoms. The second kappa shape index (κ2) is 8.00. The van der Waals surface area contributed by atoms with Crippen LogP contribution >= 0.6 is 27.5 Å². The lowest BCUT2D eigenvalue weighted by atomic mass is 10.2. The molecule has 0 unspecified atom stereocenters. The van der Waals surface area contributed by atoms with Crippen LogP contribution in [-0.2, 0) is 4.79 Å². The molecule has 0 saturated carbocycles. The first-order valence-electron chi connectivity index (χ1n) is 7.11. The van der Waals surface area contributed by atoms with Gasteiger partial charge in [-0.1, -0.05) is 33.6 Å². The lowest BCUT2D eigenvalue weighted by molar-refractivity contribution is -0.112. The monoisotopic (exact) mass is 403 g/mol. The molecule has 0 aromatic heterocycles. The van der Waals surface area contributed by atoms with Gasteiger partial charge in [-0.25, -0.2) is 0 Å². The Labute approximate surface area is 154 Å². The smallest absolute Gasteiger partial charge is 0.267 e. The van der Waals surface area contributed by atoms with E-state index in [1.165, 1.54) is 6.20 Å². The van der Waals surface area contributed by atoms with E-state index < -0.39 is 5.91 Å². The lowest BCUT2D eigenvalue weighted by Crippen LogP contribution is -2.14. The Morgan fingerprint density at radius 3 is 2.50 bits per heavy atom. The zero-order valence-electron chi connectivity index (χ0n) is 13.2. The van der Waals surface area contributed by atoms with E-state index in [0.29, 0.717) is 10.7 Å². The number of hydrogen-bond donors (Lipinski definition) is 2. The Bertz CT molecular complexity index is 856. The predicted octanol–water partition coefficient (Wildman–Crippen LogP) is 5.18. The van der Waals surface area contributed by atoms with Crippen molar-refractivity contribution in [2.24, 2.45) is 0 Å². The molecule has 0 radical (unpaired) electrons. The number of amides is 1. The summed E-state index contributed by atoms with van der Waals surface area (Å²) < 4.78 is 0.992. The van der Waals surface area contributed by atoms with Gasteiger partial charge in [-0.05, 0) is 55.3 Å². The Morgan fingerprint density at radius 1 is 1.17 bits per heavy atom. The van der Waals surface area contributed by atoms with Crippen molar-refractivity contribution in [1.29, 1.82) is 5.26 Å². The molecule has 0 fully saturated rings. The Morgan fingerprint density at radius 2 is 1.88 bits per heavy atom. The summed E-state index contributed by atoms with van der Waals surface area (Å²) >= 11 is 9.46. The van der Waals surface area contributed by atoms with Crippen LogP contribution < -0.4 is 10.6 Å². The van der Waals surface area contributed by atoms with Gasteiger partial charge in [0.25, 0.3) is 5.91 Å². The number of aryl methyl sites for hydroxylation is 2. The average Bonchev–Trinajstić information content (AvgIpc) is 2.55. The van der Waals surface area contributed by atoms with Crippen molar-refractivity contribution in [2.75, 3.05) is 10.6 Å². The molecule has 0 bridgehead atoms. The molecule has 2 aromatic carbocycles. The fourth-order valence-electron chi connectivity index (χ4n) is 1.91. The number of nitrogens with one attached hydrogen (secondary N) is 2. The Hall–Kier alpha value is -2.29. The standard InChI is InChI=1S/C18H15BrClN3O/c1-11-3-4-15(8-17(11)20)23-18(24)13(9-21)10-22-14-5-6-16(19)12(2)7-14/h3-8,10,22H,1-2H3,(H,23,24)/b13-10-. The van der Waals surface area contributed by atoms with Crippen LogP contribution in [0.25, 0.3) is 0 Å². The largest absolute Gasteiger partial charge is 0.360 e. The van der Waals surface area contributed by atoms with Crippen molar-refractivity contribution in [3.8, 4) is 6.07 Å². The van der Waals surface area contributed by atoms with Crippen LogP contribution in [0.4, 0.5) is 11.4 Å². The fraction of sp³-hybridized carbons (Fsp3) is 0.111. The highest BCUT2D eigenvalue weighted by atomic mass is 79.9. The van der Waals surface area contributed by atoms with Crippen LogP contribution in [0, 0.1) is 25.2 Å². The second-order valence-corrected chi connectivity index (χ2v) is 6.46. The highest BCUT2D eigenvalue weighted by Gasteiger charge is 2.10. The summed E-state index contributed by atoms with van der Waals surface area (Å²) in [5, 5.41) is 15.4. The maximum atomic E-state index is 12.2. The van der Waals surface area contributed by atoms with Crippen molar-refractivity contribution in [3.63, 3.8) is 0 Å². The minimum atomic E-state index is -0.501. The van der Waals surface area contributed by atoms with Gasteiger partial charge in [0.2, 0.25) is 0 Å². The van der Waals surface area contributed by atoms with E-state index in [1.54, 1.807) is 18.2 Å². The van der Waals surface area contributed by atoms with Crippen LogP contribution in [0.3, 0.4) is 0 Å². The van der Waals surface area contributed by atoms with Gasteiger partial charge in [0.15, 0.2) is 0 Å². The van der Waals surface area contributed by atoms with Crippen molar-refractivity contribution in [3.05, 3.63) is 68.8 Å². The van der Waals surface area contributed by atoms with Gasteiger partial charge < -0.3 is 10.6 Å². The molecular weight excluding hydrogens is 390 g/mol. The SMILES string of the molecule is Cc1ccc(NC(=O)/C(C#N)=C\Nc2ccc(Br)c(C)c2)cc1Cl. The summed E-state index contributed by atoms with van der Waals surface area (Å²) in [4.78, 5) is 12.2. The van der Waals surface area contributed by atoms with E-state index >= 15 is 0 Å². The Balaban J connectivity index is 2.11. The van der Waals surface area contributed by atoms with Gasteiger partial charge in [-0.2, -0.15) is 5.26 Å². The Kier molecular flexibility index (Phi) is 6.02. The van der Waals surface area contributed by atoms with Crippen LogP contribution in [0.15, 0.2) is 52.6 Å². The number of rotatable bonds is 4. The van der Waals surface area contributed by atoms with Crippen molar-refractivity contribution in [1.82, 2.24) is 0 Å². The van der Waals surface area contributed by atoms with E-state index in [-0.39, 0.29) is 5.57 Å². The second-order valence-electron chi connectivity index (χ2n) is 5.20. The fourth-order valence-corrected chi connectivity index (χ4v) is 2.33. The first-order valence-corrected chi connectivity index (χ1v) is 8.28. The van der Waals surface area contributed by atoms with Gasteiger partial charge in [0.1, 0.15) is 11.6 Å². The molecule has 2 aromatic rings. The number of carbonyl (C=O) groups is 1. The maximum Gasteiger partial charge on any atom is 0.267 e. The van der Waals surface area contributed by atoms with Crippen molar-refractivity contribution >= 4 is 44.8 Å². The topological polar surface area (TPSA) is 64.9 Å². The number of carbonyl (C=O) groups excluding carboxylic acids is 1. The number of halogens is 2. The van der Waals surface area contributed by atoms with Gasteiger partial charge in [-0.15, -0.1) is 0 Å². The quantitative estimate of drug-likeness (QED) is 0.545. The predicted molar refractivity (Wildman–Crippen MR) is 101 cm³/mol. The van der Waals surface area contributed by atoms with E-state index in [4.69, 9.17) is 11.6 Å². The molecule has 0 atom stereocenters. The summed E-state index contributed by atoms with van der Waals surface area (Å²) in [5.74, 6) is -0.501. The van der Waals surface area contributed by atoms with Crippen LogP contribution in [0.2, 0.25) is 5.02 Å². The summed E-state index contributed by atoms with van der Waals surface area (Å²) in [5.41, 5.74) is 3.25. The van der Waals surface area contributed by atoms with Crippen molar-refractivity contribution in [2.45, 2.75) is 13.8 Å². The number of nitriles is 1. The van der Waals surface area contributed by atoms with E-state index in [0.717, 1.165) is 21.3 Å². The molecule has 122 valence electrons. The van der Waals surface area contributed by atoms with Gasteiger partial charge >= 0.3 is 0 Å². The third-order valence-corrected chi connectivity index (χ3v) is 4.63. The molecule has 1 amide bonds. The molecule has 4 nitrogen and oxygen atoms in total. The molecule has 0 aliphatic carbocycles. The molecule has 2 N–H and O–H groups in total. The van der Waals surface area contributed by atoms with E-state index in [1.807, 2.05) is 38.1 Å². The molecule has 6 heteroatoms. The highest BCUT2D eigenvalue weighted by molar-refractivity contribution is 9.10. The third kappa shape index (κ3) is 4.60. The number of nitrogens with zero attached hydrogens (tertiary/aromatic N) is 1. The minimum absolute atomic E-state index is 0.0349. The zero-order chi connectivity index (χ0) is 17.7. The van der Waals surface area contributed by atoms with Gasteiger partial charge in [-0.3, -0.25) is 4.79 Å². The average molecular weight is 405 g/mol. The van der Waals surface area contributed by atoms with Crippen molar-refractivity contribution < 1.29 is 4.79 Å². The molecule has 0 heterocycles. The van der Waals surface area contributed by atoms with Gasteiger partial charge in [0, 0.05) is 27.1 Å². The van der Waals surface area contributed by atoms with Gasteiger partial charge in [0.05, 0.1) is 0 Å². The van der Waals surface area contributed by atoms with E-state index in [2.05, 4.69) is 26.6 Å². The zero-order valence-corrected chi connectivity index (χ0v) is 15.5. The summed E-state index contributed by atoms with van der Waals surface area (Å²) in [6.45, 7) is 3.83. The van der Waals surface area contributed by atoms with E-state index in [9.17, 15) is 10.1 Å². The number of benzene rings is 2. The van der Waals surface area contributed by atoms with Crippen LogP contribution in [-0.4, -0.2) is 5.91 Å². The molecule has 0 aliphatic rings. The first kappa shape index (κ1) is 18.1. The normalized spacial score (nSPS) is 10.9. The molecular formula is C18H15BrClN3O.